The Morgan fingerprint density at radius 3 is 2.59 bits per heavy atom. The predicted molar refractivity (Wildman–Crippen MR) is 105 cm³/mol. The highest BCUT2D eigenvalue weighted by Gasteiger charge is 2.32. The fourth-order valence-corrected chi connectivity index (χ4v) is 3.89. The van der Waals surface area contributed by atoms with Crippen molar-refractivity contribution >= 4 is 11.9 Å². The van der Waals surface area contributed by atoms with Crippen LogP contribution in [0.25, 0.3) is 0 Å². The number of esters is 1. The smallest absolute Gasteiger partial charge is 0.340 e. The Morgan fingerprint density at radius 1 is 1.22 bits per heavy atom. The lowest BCUT2D eigenvalue weighted by Crippen LogP contribution is -2.37. The molecule has 1 fully saturated rings. The summed E-state index contributed by atoms with van der Waals surface area (Å²) in [7, 11) is 0. The molecule has 1 aromatic carbocycles. The van der Waals surface area contributed by atoms with Crippen molar-refractivity contribution in [3.8, 4) is 0 Å². The molecule has 144 valence electrons. The number of hydrogen-bond donors (Lipinski definition) is 1. The molecule has 1 amide bonds. The Bertz CT molecular complexity index is 824. The van der Waals surface area contributed by atoms with Crippen molar-refractivity contribution in [2.24, 2.45) is 0 Å². The highest BCUT2D eigenvalue weighted by atomic mass is 16.5. The average molecular weight is 368 g/mol. The van der Waals surface area contributed by atoms with Crippen molar-refractivity contribution in [2.45, 2.75) is 59.1 Å². The molecule has 1 N–H and O–H groups in total. The molecule has 5 heteroatoms. The molecule has 1 aliphatic heterocycles. The van der Waals surface area contributed by atoms with Gasteiger partial charge in [0, 0.05) is 18.3 Å². The zero-order valence-corrected chi connectivity index (χ0v) is 16.5. The Hall–Kier alpha value is -2.56. The van der Waals surface area contributed by atoms with Gasteiger partial charge in [0.1, 0.15) is 5.69 Å². The molecule has 1 saturated heterocycles. The first-order valence-electron chi connectivity index (χ1n) is 9.63. The number of hydrogen-bond acceptors (Lipinski definition) is 3. The highest BCUT2D eigenvalue weighted by molar-refractivity contribution is 6.00. The first kappa shape index (κ1) is 19.2. The van der Waals surface area contributed by atoms with Gasteiger partial charge in [-0.25, -0.2) is 4.79 Å². The fourth-order valence-electron chi connectivity index (χ4n) is 3.89. The maximum absolute atomic E-state index is 13.2. The van der Waals surface area contributed by atoms with Crippen LogP contribution in [0.1, 0.15) is 64.4 Å². The third-order valence-electron chi connectivity index (χ3n) is 5.15. The van der Waals surface area contributed by atoms with Gasteiger partial charge in [-0.15, -0.1) is 0 Å². The summed E-state index contributed by atoms with van der Waals surface area (Å²) < 4.78 is 5.33. The predicted octanol–water partition coefficient (Wildman–Crippen LogP) is 4.04. The molecule has 1 unspecified atom stereocenters. The van der Waals surface area contributed by atoms with Gasteiger partial charge in [-0.05, 0) is 58.1 Å². The van der Waals surface area contributed by atoms with E-state index in [0.717, 1.165) is 25.8 Å². The number of benzene rings is 1. The second kappa shape index (κ2) is 7.99. The van der Waals surface area contributed by atoms with Crippen LogP contribution in [0.4, 0.5) is 0 Å². The summed E-state index contributed by atoms with van der Waals surface area (Å²) in [6, 6.07) is 10.5. The quantitative estimate of drug-likeness (QED) is 0.810. The zero-order valence-electron chi connectivity index (χ0n) is 16.5. The van der Waals surface area contributed by atoms with Gasteiger partial charge < -0.3 is 14.6 Å². The molecule has 2 heterocycles. The van der Waals surface area contributed by atoms with Crippen LogP contribution in [-0.2, 0) is 11.2 Å². The number of nitrogens with zero attached hydrogens (tertiary/aromatic N) is 1. The van der Waals surface area contributed by atoms with E-state index in [-0.39, 0.29) is 24.0 Å². The SMILES string of the molecule is Cc1[nH]c(C(=O)N2CCCC2Cc2ccccc2)c(C)c1C(=O)OC(C)C. The minimum atomic E-state index is -0.377. The Balaban J connectivity index is 1.82. The number of carbonyl (C=O) groups is 2. The maximum atomic E-state index is 13.2. The highest BCUT2D eigenvalue weighted by Crippen LogP contribution is 2.26. The number of aromatic nitrogens is 1. The van der Waals surface area contributed by atoms with E-state index in [1.807, 2.05) is 50.8 Å². The summed E-state index contributed by atoms with van der Waals surface area (Å²) in [5, 5.41) is 0. The Labute approximate surface area is 160 Å². The third-order valence-corrected chi connectivity index (χ3v) is 5.15. The van der Waals surface area contributed by atoms with Crippen LogP contribution in [-0.4, -0.2) is 40.5 Å². The number of carbonyl (C=O) groups excluding carboxylic acids is 2. The fraction of sp³-hybridized carbons (Fsp3) is 0.455. The summed E-state index contributed by atoms with van der Waals surface area (Å²) in [5.41, 5.74) is 3.57. The second-order valence-corrected chi connectivity index (χ2v) is 7.56. The van der Waals surface area contributed by atoms with Gasteiger partial charge in [-0.3, -0.25) is 4.79 Å². The van der Waals surface area contributed by atoms with E-state index in [1.165, 1.54) is 5.56 Å². The Morgan fingerprint density at radius 2 is 1.93 bits per heavy atom. The van der Waals surface area contributed by atoms with Gasteiger partial charge >= 0.3 is 5.97 Å². The van der Waals surface area contributed by atoms with Gasteiger partial charge in [-0.2, -0.15) is 0 Å². The first-order valence-corrected chi connectivity index (χ1v) is 9.63. The minimum Gasteiger partial charge on any atom is -0.459 e. The van der Waals surface area contributed by atoms with Crippen molar-refractivity contribution in [1.82, 2.24) is 9.88 Å². The van der Waals surface area contributed by atoms with E-state index in [2.05, 4.69) is 17.1 Å². The number of H-pyrrole nitrogens is 1. The molecule has 0 radical (unpaired) electrons. The molecule has 5 nitrogen and oxygen atoms in total. The largest absolute Gasteiger partial charge is 0.459 e. The van der Waals surface area contributed by atoms with Crippen molar-refractivity contribution in [3.05, 3.63) is 58.4 Å². The van der Waals surface area contributed by atoms with Crippen molar-refractivity contribution in [1.29, 1.82) is 0 Å². The third kappa shape index (κ3) is 4.07. The number of nitrogens with one attached hydrogen (secondary N) is 1. The number of amides is 1. The minimum absolute atomic E-state index is 0.0300. The number of ether oxygens (including phenoxy) is 1. The van der Waals surface area contributed by atoms with E-state index >= 15 is 0 Å². The molecule has 0 aliphatic carbocycles. The average Bonchev–Trinajstić information content (AvgIpc) is 3.18. The van der Waals surface area contributed by atoms with Crippen LogP contribution in [0.3, 0.4) is 0 Å². The lowest BCUT2D eigenvalue weighted by Gasteiger charge is -2.25. The van der Waals surface area contributed by atoms with Gasteiger partial charge in [0.15, 0.2) is 0 Å². The molecule has 0 saturated carbocycles. The molecule has 1 aromatic heterocycles. The van der Waals surface area contributed by atoms with E-state index < -0.39 is 0 Å². The van der Waals surface area contributed by atoms with Gasteiger partial charge in [-0.1, -0.05) is 30.3 Å². The molecular formula is C22H28N2O3. The van der Waals surface area contributed by atoms with Crippen LogP contribution in [0.5, 0.6) is 0 Å². The van der Waals surface area contributed by atoms with Crippen LogP contribution < -0.4 is 0 Å². The monoisotopic (exact) mass is 368 g/mol. The Kier molecular flexibility index (Phi) is 5.68. The molecule has 0 bridgehead atoms. The second-order valence-electron chi connectivity index (χ2n) is 7.56. The molecule has 3 rings (SSSR count). The summed E-state index contributed by atoms with van der Waals surface area (Å²) in [4.78, 5) is 30.7. The summed E-state index contributed by atoms with van der Waals surface area (Å²) >= 11 is 0. The van der Waals surface area contributed by atoms with E-state index in [4.69, 9.17) is 4.74 Å². The van der Waals surface area contributed by atoms with E-state index in [0.29, 0.717) is 22.5 Å². The molecule has 1 atom stereocenters. The molecular weight excluding hydrogens is 340 g/mol. The zero-order chi connectivity index (χ0) is 19.6. The van der Waals surface area contributed by atoms with Crippen LogP contribution in [0, 0.1) is 13.8 Å². The normalized spacial score (nSPS) is 16.8. The van der Waals surface area contributed by atoms with Crippen LogP contribution in [0.2, 0.25) is 0 Å². The van der Waals surface area contributed by atoms with Gasteiger partial charge in [0.25, 0.3) is 5.91 Å². The van der Waals surface area contributed by atoms with Crippen LogP contribution >= 0.6 is 0 Å². The topological polar surface area (TPSA) is 62.4 Å². The van der Waals surface area contributed by atoms with Crippen molar-refractivity contribution in [3.63, 3.8) is 0 Å². The molecule has 0 spiro atoms. The number of aromatic amines is 1. The molecule has 27 heavy (non-hydrogen) atoms. The first-order chi connectivity index (χ1) is 12.9. The molecule has 2 aromatic rings. The number of likely N-dealkylation sites (tertiary alicyclic amines) is 1. The summed E-state index contributed by atoms with van der Waals surface area (Å²) in [6.45, 7) is 8.01. The van der Waals surface area contributed by atoms with E-state index in [1.54, 1.807) is 0 Å². The van der Waals surface area contributed by atoms with E-state index in [9.17, 15) is 9.59 Å². The maximum Gasteiger partial charge on any atom is 0.340 e. The number of aryl methyl sites for hydroxylation is 1. The summed E-state index contributed by atoms with van der Waals surface area (Å²) in [5.74, 6) is -0.407. The molecule has 1 aliphatic rings. The van der Waals surface area contributed by atoms with Crippen LogP contribution in [0.15, 0.2) is 30.3 Å². The lowest BCUT2D eigenvalue weighted by atomic mass is 10.0. The standard InChI is InChI=1S/C22H28N2O3/c1-14(2)27-22(26)19-15(3)20(23-16(19)4)21(25)24-12-8-11-18(24)13-17-9-6-5-7-10-17/h5-7,9-10,14,18,23H,8,11-13H2,1-4H3. The van der Waals surface area contributed by atoms with Gasteiger partial charge in [0.2, 0.25) is 0 Å². The van der Waals surface area contributed by atoms with Crippen molar-refractivity contribution in [2.75, 3.05) is 6.54 Å². The summed E-state index contributed by atoms with van der Waals surface area (Å²) in [6.07, 6.45) is 2.67. The van der Waals surface area contributed by atoms with Gasteiger partial charge in [0.05, 0.1) is 11.7 Å². The lowest BCUT2D eigenvalue weighted by molar-refractivity contribution is 0.0376. The number of rotatable bonds is 5. The van der Waals surface area contributed by atoms with Crippen molar-refractivity contribution < 1.29 is 14.3 Å².